The lowest BCUT2D eigenvalue weighted by molar-refractivity contribution is 0.126. The van der Waals surface area contributed by atoms with Gasteiger partial charge in [0.15, 0.2) is 0 Å². The smallest absolute Gasteiger partial charge is 0.204 e. The van der Waals surface area contributed by atoms with E-state index in [0.29, 0.717) is 6.04 Å². The number of benzene rings is 2. The summed E-state index contributed by atoms with van der Waals surface area (Å²) in [5.41, 5.74) is 3.33. The number of methoxy groups -OCH3 is 1. The molecule has 2 N–H and O–H groups in total. The van der Waals surface area contributed by atoms with E-state index in [4.69, 9.17) is 9.72 Å². The Morgan fingerprint density at radius 2 is 1.81 bits per heavy atom. The molecule has 0 radical (unpaired) electrons. The summed E-state index contributed by atoms with van der Waals surface area (Å²) in [6.07, 6.45) is 3.53. The number of nitrogens with one attached hydrogen (secondary N) is 1. The predicted octanol–water partition coefficient (Wildman–Crippen LogP) is 3.81. The van der Waals surface area contributed by atoms with E-state index in [1.165, 1.54) is 5.56 Å². The first-order valence-corrected chi connectivity index (χ1v) is 9.26. The molecule has 0 unspecified atom stereocenters. The molecule has 1 aliphatic rings. The van der Waals surface area contributed by atoms with Crippen molar-refractivity contribution in [3.63, 3.8) is 0 Å². The summed E-state index contributed by atoms with van der Waals surface area (Å²) in [7, 11) is 1.68. The summed E-state index contributed by atoms with van der Waals surface area (Å²) in [5, 5.41) is 13.4. The molecule has 1 aromatic heterocycles. The molecule has 5 nitrogen and oxygen atoms in total. The van der Waals surface area contributed by atoms with Crippen LogP contribution in [0.5, 0.6) is 5.75 Å². The SMILES string of the molecule is COc1ccc(Cn2c(NC3CCC(O)CC3)nc3ccccc32)cc1. The van der Waals surface area contributed by atoms with Crippen LogP contribution in [-0.4, -0.2) is 33.9 Å². The molecular weight excluding hydrogens is 326 g/mol. The Morgan fingerprint density at radius 3 is 2.54 bits per heavy atom. The number of anilines is 1. The minimum Gasteiger partial charge on any atom is -0.497 e. The van der Waals surface area contributed by atoms with Crippen LogP contribution in [0.1, 0.15) is 31.2 Å². The van der Waals surface area contributed by atoms with Gasteiger partial charge in [0, 0.05) is 6.04 Å². The van der Waals surface area contributed by atoms with Gasteiger partial charge in [-0.15, -0.1) is 0 Å². The minimum absolute atomic E-state index is 0.147. The Hall–Kier alpha value is -2.53. The van der Waals surface area contributed by atoms with Crippen molar-refractivity contribution in [3.8, 4) is 5.75 Å². The number of nitrogens with zero attached hydrogens (tertiary/aromatic N) is 2. The van der Waals surface area contributed by atoms with E-state index < -0.39 is 0 Å². The molecule has 26 heavy (non-hydrogen) atoms. The van der Waals surface area contributed by atoms with Gasteiger partial charge < -0.3 is 19.7 Å². The van der Waals surface area contributed by atoms with Gasteiger partial charge in [-0.25, -0.2) is 4.98 Å². The zero-order valence-corrected chi connectivity index (χ0v) is 15.1. The number of hydrogen-bond acceptors (Lipinski definition) is 4. The molecule has 4 rings (SSSR count). The molecule has 2 aromatic carbocycles. The van der Waals surface area contributed by atoms with Crippen LogP contribution in [0, 0.1) is 0 Å². The van der Waals surface area contributed by atoms with Gasteiger partial charge in [0.1, 0.15) is 5.75 Å². The van der Waals surface area contributed by atoms with Crippen LogP contribution in [0.15, 0.2) is 48.5 Å². The number of rotatable bonds is 5. The first kappa shape index (κ1) is 16.9. The van der Waals surface area contributed by atoms with Crippen LogP contribution in [-0.2, 0) is 6.54 Å². The van der Waals surface area contributed by atoms with E-state index in [9.17, 15) is 5.11 Å². The molecule has 1 heterocycles. The quantitative estimate of drug-likeness (QED) is 0.734. The lowest BCUT2D eigenvalue weighted by Crippen LogP contribution is -2.29. The summed E-state index contributed by atoms with van der Waals surface area (Å²) in [5.74, 6) is 1.77. The zero-order valence-electron chi connectivity index (χ0n) is 15.1. The predicted molar refractivity (Wildman–Crippen MR) is 104 cm³/mol. The fourth-order valence-electron chi connectivity index (χ4n) is 3.66. The third-order valence-electron chi connectivity index (χ3n) is 5.18. The summed E-state index contributed by atoms with van der Waals surface area (Å²) < 4.78 is 7.49. The van der Waals surface area contributed by atoms with Gasteiger partial charge in [-0.3, -0.25) is 0 Å². The Morgan fingerprint density at radius 1 is 1.08 bits per heavy atom. The van der Waals surface area contributed by atoms with Crippen molar-refractivity contribution >= 4 is 17.0 Å². The van der Waals surface area contributed by atoms with Gasteiger partial charge in [0.25, 0.3) is 0 Å². The maximum absolute atomic E-state index is 9.74. The van der Waals surface area contributed by atoms with Crippen molar-refractivity contribution in [1.82, 2.24) is 9.55 Å². The standard InChI is InChI=1S/C21H25N3O2/c1-26-18-12-6-15(7-13-18)14-24-20-5-3-2-4-19(20)23-21(24)22-16-8-10-17(25)11-9-16/h2-7,12-13,16-17,25H,8-11,14H2,1H3,(H,22,23). The van der Waals surface area contributed by atoms with E-state index in [1.807, 2.05) is 18.2 Å². The second-order valence-electron chi connectivity index (χ2n) is 7.01. The van der Waals surface area contributed by atoms with Crippen molar-refractivity contribution < 1.29 is 9.84 Å². The number of fused-ring (bicyclic) bond motifs is 1. The Balaban J connectivity index is 1.62. The van der Waals surface area contributed by atoms with Crippen LogP contribution in [0.2, 0.25) is 0 Å². The number of hydrogen-bond donors (Lipinski definition) is 2. The number of aromatic nitrogens is 2. The molecule has 136 valence electrons. The fraction of sp³-hybridized carbons (Fsp3) is 0.381. The molecule has 0 spiro atoms. The number of para-hydroxylation sites is 2. The molecule has 5 heteroatoms. The van der Waals surface area contributed by atoms with Gasteiger partial charge in [0.05, 0.1) is 30.8 Å². The topological polar surface area (TPSA) is 59.3 Å². The molecule has 0 amide bonds. The van der Waals surface area contributed by atoms with Crippen molar-refractivity contribution in [2.75, 3.05) is 12.4 Å². The molecule has 1 aliphatic carbocycles. The second-order valence-corrected chi connectivity index (χ2v) is 7.01. The average Bonchev–Trinajstić information content (AvgIpc) is 3.01. The van der Waals surface area contributed by atoms with Crippen LogP contribution >= 0.6 is 0 Å². The van der Waals surface area contributed by atoms with Gasteiger partial charge in [-0.1, -0.05) is 24.3 Å². The van der Waals surface area contributed by atoms with Gasteiger partial charge in [-0.2, -0.15) is 0 Å². The zero-order chi connectivity index (χ0) is 17.9. The summed E-state index contributed by atoms with van der Waals surface area (Å²) >= 11 is 0. The first-order valence-electron chi connectivity index (χ1n) is 9.26. The maximum Gasteiger partial charge on any atom is 0.204 e. The highest BCUT2D eigenvalue weighted by atomic mass is 16.5. The van der Waals surface area contributed by atoms with Crippen molar-refractivity contribution in [2.45, 2.75) is 44.4 Å². The summed E-state index contributed by atoms with van der Waals surface area (Å²) in [6.45, 7) is 0.752. The van der Waals surface area contributed by atoms with Crippen LogP contribution in [0.25, 0.3) is 11.0 Å². The summed E-state index contributed by atoms with van der Waals surface area (Å²) in [4.78, 5) is 4.82. The molecule has 0 atom stereocenters. The van der Waals surface area contributed by atoms with Crippen LogP contribution < -0.4 is 10.1 Å². The molecule has 3 aromatic rings. The van der Waals surface area contributed by atoms with Gasteiger partial charge in [-0.05, 0) is 55.5 Å². The van der Waals surface area contributed by atoms with Crippen molar-refractivity contribution in [1.29, 1.82) is 0 Å². The Labute approximate surface area is 153 Å². The largest absolute Gasteiger partial charge is 0.497 e. The highest BCUT2D eigenvalue weighted by molar-refractivity contribution is 5.78. The normalized spacial score (nSPS) is 20.2. The Bertz CT molecular complexity index is 865. The molecule has 0 aliphatic heterocycles. The number of aliphatic hydroxyl groups is 1. The highest BCUT2D eigenvalue weighted by Crippen LogP contribution is 2.26. The molecule has 1 saturated carbocycles. The molecule has 1 fully saturated rings. The van der Waals surface area contributed by atoms with Crippen molar-refractivity contribution in [2.24, 2.45) is 0 Å². The lowest BCUT2D eigenvalue weighted by Gasteiger charge is -2.26. The van der Waals surface area contributed by atoms with E-state index in [0.717, 1.165) is 55.0 Å². The van der Waals surface area contributed by atoms with Gasteiger partial charge >= 0.3 is 0 Å². The third-order valence-corrected chi connectivity index (χ3v) is 5.18. The maximum atomic E-state index is 9.74. The van der Waals surface area contributed by atoms with Gasteiger partial charge in [0.2, 0.25) is 5.95 Å². The van der Waals surface area contributed by atoms with E-state index >= 15 is 0 Å². The fourth-order valence-corrected chi connectivity index (χ4v) is 3.66. The molecular formula is C21H25N3O2. The average molecular weight is 351 g/mol. The van der Waals surface area contributed by atoms with Crippen LogP contribution in [0.3, 0.4) is 0 Å². The highest BCUT2D eigenvalue weighted by Gasteiger charge is 2.21. The number of ether oxygens (including phenoxy) is 1. The van der Waals surface area contributed by atoms with Crippen LogP contribution in [0.4, 0.5) is 5.95 Å². The first-order chi connectivity index (χ1) is 12.7. The van der Waals surface area contributed by atoms with E-state index in [1.54, 1.807) is 7.11 Å². The second kappa shape index (κ2) is 7.38. The molecule has 0 saturated heterocycles. The number of imidazole rings is 1. The monoisotopic (exact) mass is 351 g/mol. The number of aliphatic hydroxyl groups excluding tert-OH is 1. The van der Waals surface area contributed by atoms with Crippen molar-refractivity contribution in [3.05, 3.63) is 54.1 Å². The minimum atomic E-state index is -0.147. The summed E-state index contributed by atoms with van der Waals surface area (Å²) in [6, 6.07) is 16.8. The Kier molecular flexibility index (Phi) is 4.80. The van der Waals surface area contributed by atoms with E-state index in [-0.39, 0.29) is 6.10 Å². The lowest BCUT2D eigenvalue weighted by atomic mass is 9.93. The molecule has 0 bridgehead atoms. The van der Waals surface area contributed by atoms with E-state index in [2.05, 4.69) is 40.2 Å². The third kappa shape index (κ3) is 3.53.